The first-order valence-corrected chi connectivity index (χ1v) is 8.55. The van der Waals surface area contributed by atoms with E-state index in [0.29, 0.717) is 5.92 Å². The summed E-state index contributed by atoms with van der Waals surface area (Å²) in [6.45, 7) is 13.2. The van der Waals surface area contributed by atoms with Crippen molar-refractivity contribution < 1.29 is 9.53 Å². The number of epoxide rings is 1. The molecule has 0 amide bonds. The monoisotopic (exact) mass is 300 g/mol. The number of hydrogen-bond donors (Lipinski definition) is 0. The van der Waals surface area contributed by atoms with Crippen LogP contribution in [0, 0.1) is 11.3 Å². The first-order chi connectivity index (χ1) is 10.3. The normalized spacial score (nSPS) is 44.9. The summed E-state index contributed by atoms with van der Waals surface area (Å²) >= 11 is 0. The van der Waals surface area contributed by atoms with Gasteiger partial charge in [-0.25, -0.2) is 0 Å². The second kappa shape index (κ2) is 5.19. The molecule has 0 N–H and O–H groups in total. The number of rotatable bonds is 0. The van der Waals surface area contributed by atoms with Crippen LogP contribution >= 0.6 is 0 Å². The second-order valence-electron chi connectivity index (χ2n) is 7.91. The molecule has 1 fully saturated rings. The zero-order valence-corrected chi connectivity index (χ0v) is 14.4. The Bertz CT molecular complexity index is 583. The molecule has 0 spiro atoms. The fraction of sp³-hybridized carbons (Fsp3) is 0.650. The van der Waals surface area contributed by atoms with Crippen LogP contribution in [0.5, 0.6) is 0 Å². The van der Waals surface area contributed by atoms with Gasteiger partial charge in [0.25, 0.3) is 0 Å². The predicted octanol–water partition coefficient (Wildman–Crippen LogP) is 4.76. The Morgan fingerprint density at radius 2 is 2.00 bits per heavy atom. The first-order valence-electron chi connectivity index (χ1n) is 8.55. The Morgan fingerprint density at radius 3 is 2.73 bits per heavy atom. The number of ketones is 1. The van der Waals surface area contributed by atoms with Crippen LogP contribution in [0.15, 0.2) is 35.5 Å². The molecule has 0 aromatic carbocycles. The molecule has 2 nitrogen and oxygen atoms in total. The van der Waals surface area contributed by atoms with E-state index < -0.39 is 0 Å². The van der Waals surface area contributed by atoms with Crippen molar-refractivity contribution in [2.75, 3.05) is 0 Å². The molecule has 2 bridgehead atoms. The number of fused-ring (bicyclic) bond motifs is 3. The van der Waals surface area contributed by atoms with Gasteiger partial charge in [-0.15, -0.1) is 0 Å². The van der Waals surface area contributed by atoms with E-state index in [1.807, 2.05) is 0 Å². The van der Waals surface area contributed by atoms with Crippen molar-refractivity contribution in [3.8, 4) is 0 Å². The lowest BCUT2D eigenvalue weighted by atomic mass is 9.62. The third-order valence-corrected chi connectivity index (χ3v) is 6.34. The van der Waals surface area contributed by atoms with Gasteiger partial charge in [-0.05, 0) is 62.9 Å². The molecule has 3 aliphatic rings. The van der Waals surface area contributed by atoms with Crippen molar-refractivity contribution >= 4 is 5.78 Å². The van der Waals surface area contributed by atoms with Crippen LogP contribution in [0.2, 0.25) is 0 Å². The van der Waals surface area contributed by atoms with E-state index >= 15 is 0 Å². The minimum atomic E-state index is -0.270. The van der Waals surface area contributed by atoms with E-state index in [0.717, 1.165) is 43.3 Å². The highest BCUT2D eigenvalue weighted by Crippen LogP contribution is 2.51. The summed E-state index contributed by atoms with van der Waals surface area (Å²) < 4.78 is 5.80. The highest BCUT2D eigenvalue weighted by Gasteiger charge is 2.57. The minimum Gasteiger partial charge on any atom is -0.358 e. The quantitative estimate of drug-likeness (QED) is 0.477. The summed E-state index contributed by atoms with van der Waals surface area (Å²) in [7, 11) is 0. The van der Waals surface area contributed by atoms with Crippen LogP contribution in [0.25, 0.3) is 0 Å². The third-order valence-electron chi connectivity index (χ3n) is 6.34. The molecule has 22 heavy (non-hydrogen) atoms. The zero-order chi connectivity index (χ0) is 16.1. The molecule has 2 aliphatic carbocycles. The number of carbonyl (C=O) groups is 1. The average molecular weight is 300 g/mol. The van der Waals surface area contributed by atoms with Crippen molar-refractivity contribution in [2.45, 2.75) is 71.5 Å². The van der Waals surface area contributed by atoms with E-state index in [9.17, 15) is 4.79 Å². The molecule has 2 heteroatoms. The van der Waals surface area contributed by atoms with Crippen LogP contribution in [0.3, 0.4) is 0 Å². The number of Topliss-reactive ketones (excluding diaryl/α,β-unsaturated/α-hetero) is 1. The number of ether oxygens (including phenoxy) is 1. The van der Waals surface area contributed by atoms with Crippen molar-refractivity contribution in [3.63, 3.8) is 0 Å². The van der Waals surface area contributed by atoms with Crippen LogP contribution in [0.4, 0.5) is 0 Å². The Balaban J connectivity index is 1.98. The van der Waals surface area contributed by atoms with Crippen molar-refractivity contribution in [1.29, 1.82) is 0 Å². The number of hydrogen-bond acceptors (Lipinski definition) is 2. The van der Waals surface area contributed by atoms with Gasteiger partial charge in [-0.2, -0.15) is 0 Å². The van der Waals surface area contributed by atoms with Crippen LogP contribution in [0.1, 0.15) is 59.8 Å². The third kappa shape index (κ3) is 2.42. The second-order valence-corrected chi connectivity index (χ2v) is 7.91. The summed E-state index contributed by atoms with van der Waals surface area (Å²) in [5, 5.41) is 0. The molecule has 0 aromatic heterocycles. The molecule has 3 rings (SSSR count). The minimum absolute atomic E-state index is 0.0132. The summed E-state index contributed by atoms with van der Waals surface area (Å²) in [6, 6.07) is 0. The number of allylic oxidation sites excluding steroid dienone is 4. The zero-order valence-electron chi connectivity index (χ0n) is 14.4. The van der Waals surface area contributed by atoms with Gasteiger partial charge in [0.15, 0.2) is 5.78 Å². The van der Waals surface area contributed by atoms with Gasteiger partial charge in [0.1, 0.15) is 11.7 Å². The average Bonchev–Trinajstić information content (AvgIpc) is 3.14. The molecule has 0 saturated carbocycles. The van der Waals surface area contributed by atoms with Crippen LogP contribution in [-0.2, 0) is 9.53 Å². The molecular formula is C20H28O2. The van der Waals surface area contributed by atoms with E-state index in [4.69, 9.17) is 4.74 Å². The molecular weight excluding hydrogens is 272 g/mol. The smallest absolute Gasteiger partial charge is 0.194 e. The Morgan fingerprint density at radius 1 is 1.27 bits per heavy atom. The molecule has 1 aliphatic heterocycles. The molecule has 0 unspecified atom stereocenters. The number of carbonyl (C=O) groups excluding carboxylic acids is 1. The Hall–Kier alpha value is -1.15. The van der Waals surface area contributed by atoms with E-state index in [-0.39, 0.29) is 22.9 Å². The molecule has 1 saturated heterocycles. The fourth-order valence-electron chi connectivity index (χ4n) is 3.99. The van der Waals surface area contributed by atoms with E-state index in [2.05, 4.69) is 46.4 Å². The predicted molar refractivity (Wildman–Crippen MR) is 89.6 cm³/mol. The highest BCUT2D eigenvalue weighted by molar-refractivity contribution is 6.05. The van der Waals surface area contributed by atoms with Gasteiger partial charge in [0.2, 0.25) is 0 Å². The van der Waals surface area contributed by atoms with Crippen molar-refractivity contribution in [1.82, 2.24) is 0 Å². The lowest BCUT2D eigenvalue weighted by Crippen LogP contribution is -2.34. The van der Waals surface area contributed by atoms with Crippen molar-refractivity contribution in [2.24, 2.45) is 11.3 Å². The molecule has 1 heterocycles. The van der Waals surface area contributed by atoms with Crippen LogP contribution < -0.4 is 0 Å². The standard InChI is InChI=1S/C20H28O2/c1-13-7-6-11-20(5)18(22-20)17(21)16-9-8-14(2)19(4,12-10-13)15(16)3/h7,9,14,18H,3,6,8,10-12H2,1-2,4-5H3/b13-7+/t14-,18-,19-,20-/m1/s1. The summed E-state index contributed by atoms with van der Waals surface area (Å²) in [5.41, 5.74) is 3.07. The van der Waals surface area contributed by atoms with E-state index in [1.165, 1.54) is 5.57 Å². The van der Waals surface area contributed by atoms with Gasteiger partial charge in [-0.1, -0.05) is 38.2 Å². The summed E-state index contributed by atoms with van der Waals surface area (Å²) in [4.78, 5) is 12.9. The van der Waals surface area contributed by atoms with Gasteiger partial charge < -0.3 is 4.74 Å². The SMILES string of the molecule is C=C1C2=CC[C@@H](C)[C@@]1(C)CC/C(C)=C/CC[C@@]1(C)O[C@@H]1C2=O. The fourth-order valence-corrected chi connectivity index (χ4v) is 3.99. The maximum absolute atomic E-state index is 12.9. The topological polar surface area (TPSA) is 29.6 Å². The van der Waals surface area contributed by atoms with Crippen LogP contribution in [-0.4, -0.2) is 17.5 Å². The molecule has 120 valence electrons. The summed E-state index contributed by atoms with van der Waals surface area (Å²) in [5.74, 6) is 0.686. The van der Waals surface area contributed by atoms with Gasteiger partial charge in [0.05, 0.1) is 0 Å². The summed E-state index contributed by atoms with van der Waals surface area (Å²) in [6.07, 6.45) is 9.21. The lowest BCUT2D eigenvalue weighted by molar-refractivity contribution is -0.116. The highest BCUT2D eigenvalue weighted by atomic mass is 16.6. The van der Waals surface area contributed by atoms with Gasteiger partial charge in [0, 0.05) is 5.57 Å². The van der Waals surface area contributed by atoms with E-state index in [1.54, 1.807) is 0 Å². The van der Waals surface area contributed by atoms with Gasteiger partial charge in [-0.3, -0.25) is 4.79 Å². The lowest BCUT2D eigenvalue weighted by Gasteiger charge is -2.41. The maximum atomic E-state index is 12.9. The molecule has 4 atom stereocenters. The Labute approximate surface area is 134 Å². The van der Waals surface area contributed by atoms with Gasteiger partial charge >= 0.3 is 0 Å². The Kier molecular flexibility index (Phi) is 3.71. The molecule has 0 aromatic rings. The molecule has 0 radical (unpaired) electrons. The van der Waals surface area contributed by atoms with Crippen molar-refractivity contribution in [3.05, 3.63) is 35.5 Å². The largest absolute Gasteiger partial charge is 0.358 e. The maximum Gasteiger partial charge on any atom is 0.194 e. The first kappa shape index (κ1) is 15.7.